The van der Waals surface area contributed by atoms with Gasteiger partial charge >= 0.3 is 0 Å². The van der Waals surface area contributed by atoms with E-state index in [2.05, 4.69) is 20.7 Å². The van der Waals surface area contributed by atoms with Crippen molar-refractivity contribution < 1.29 is 0 Å². The van der Waals surface area contributed by atoms with Gasteiger partial charge in [-0.05, 0) is 25.5 Å². The molecule has 0 unspecified atom stereocenters. The zero-order valence-electron chi connectivity index (χ0n) is 10.2. The molecule has 0 saturated heterocycles. The monoisotopic (exact) mass is 263 g/mol. The first-order chi connectivity index (χ1) is 8.60. The highest BCUT2D eigenvalue weighted by Crippen LogP contribution is 2.28. The fourth-order valence-corrected chi connectivity index (χ4v) is 1.88. The van der Waals surface area contributed by atoms with E-state index in [4.69, 9.17) is 17.4 Å². The van der Waals surface area contributed by atoms with Gasteiger partial charge in [0.05, 0.1) is 10.7 Å². The fraction of sp³-hybridized carbons (Fsp3) is 0.167. The normalized spacial score (nSPS) is 10.2. The average molecular weight is 264 g/mol. The second-order valence-electron chi connectivity index (χ2n) is 3.92. The van der Waals surface area contributed by atoms with Crippen LogP contribution in [0.1, 0.15) is 11.3 Å². The topological polar surface area (TPSA) is 75.9 Å². The molecular formula is C12H14ClN5. The molecule has 6 heteroatoms. The SMILES string of the molecule is Cc1cc(Nc2c(C)cccc2Cl)nc(NN)n1. The molecule has 0 radical (unpaired) electrons. The summed E-state index contributed by atoms with van der Waals surface area (Å²) in [6.45, 7) is 3.84. The van der Waals surface area contributed by atoms with Crippen LogP contribution in [0.25, 0.3) is 0 Å². The highest BCUT2D eigenvalue weighted by molar-refractivity contribution is 6.33. The molecule has 1 aromatic carbocycles. The molecule has 0 fully saturated rings. The van der Waals surface area contributed by atoms with Crippen LogP contribution in [-0.4, -0.2) is 9.97 Å². The number of benzene rings is 1. The number of hydrogen-bond acceptors (Lipinski definition) is 5. The minimum atomic E-state index is 0.363. The molecule has 2 rings (SSSR count). The molecule has 0 atom stereocenters. The Morgan fingerprint density at radius 1 is 1.22 bits per heavy atom. The molecule has 18 heavy (non-hydrogen) atoms. The van der Waals surface area contributed by atoms with Crippen LogP contribution in [0.2, 0.25) is 5.02 Å². The molecule has 0 bridgehead atoms. The quantitative estimate of drug-likeness (QED) is 0.586. The predicted octanol–water partition coefficient (Wildman–Crippen LogP) is 2.78. The Morgan fingerprint density at radius 3 is 2.67 bits per heavy atom. The third kappa shape index (κ3) is 2.69. The molecule has 0 aliphatic heterocycles. The van der Waals surface area contributed by atoms with E-state index in [-0.39, 0.29) is 0 Å². The molecule has 0 saturated carbocycles. The molecule has 2 aromatic rings. The number of halogens is 1. The molecule has 4 N–H and O–H groups in total. The third-order valence-corrected chi connectivity index (χ3v) is 2.77. The number of hydrogen-bond donors (Lipinski definition) is 3. The molecule has 0 aliphatic rings. The number of hydrazine groups is 1. The number of para-hydroxylation sites is 1. The van der Waals surface area contributed by atoms with Gasteiger partial charge in [-0.3, -0.25) is 5.43 Å². The second-order valence-corrected chi connectivity index (χ2v) is 4.33. The van der Waals surface area contributed by atoms with Crippen LogP contribution in [0.3, 0.4) is 0 Å². The van der Waals surface area contributed by atoms with Gasteiger partial charge in [-0.1, -0.05) is 23.7 Å². The van der Waals surface area contributed by atoms with Crippen LogP contribution < -0.4 is 16.6 Å². The summed E-state index contributed by atoms with van der Waals surface area (Å²) >= 11 is 6.15. The molecule has 1 aromatic heterocycles. The number of rotatable bonds is 3. The number of nitrogens with two attached hydrogens (primary N) is 1. The van der Waals surface area contributed by atoms with Crippen molar-refractivity contribution in [1.29, 1.82) is 0 Å². The number of nitrogen functional groups attached to an aromatic ring is 1. The van der Waals surface area contributed by atoms with Gasteiger partial charge in [-0.25, -0.2) is 10.8 Å². The number of aryl methyl sites for hydroxylation is 2. The number of anilines is 3. The fourth-order valence-electron chi connectivity index (χ4n) is 1.62. The number of aromatic nitrogens is 2. The van der Waals surface area contributed by atoms with Crippen molar-refractivity contribution in [3.05, 3.63) is 40.5 Å². The Kier molecular flexibility index (Phi) is 3.64. The first-order valence-electron chi connectivity index (χ1n) is 5.44. The summed E-state index contributed by atoms with van der Waals surface area (Å²) < 4.78 is 0. The van der Waals surface area contributed by atoms with Gasteiger partial charge in [0.15, 0.2) is 0 Å². The predicted molar refractivity (Wildman–Crippen MR) is 74.1 cm³/mol. The van der Waals surface area contributed by atoms with E-state index in [1.807, 2.05) is 38.1 Å². The van der Waals surface area contributed by atoms with E-state index in [0.29, 0.717) is 16.8 Å². The van der Waals surface area contributed by atoms with Gasteiger partial charge in [0, 0.05) is 11.8 Å². The van der Waals surface area contributed by atoms with E-state index < -0.39 is 0 Å². The summed E-state index contributed by atoms with van der Waals surface area (Å²) in [6.07, 6.45) is 0. The van der Waals surface area contributed by atoms with Gasteiger partial charge in [0.25, 0.3) is 0 Å². The maximum absolute atomic E-state index is 6.15. The molecule has 0 amide bonds. The Bertz CT molecular complexity index is 550. The highest BCUT2D eigenvalue weighted by atomic mass is 35.5. The minimum absolute atomic E-state index is 0.363. The first kappa shape index (κ1) is 12.6. The van der Waals surface area contributed by atoms with Gasteiger partial charge in [0.2, 0.25) is 5.95 Å². The lowest BCUT2D eigenvalue weighted by Gasteiger charge is -2.11. The van der Waals surface area contributed by atoms with Crippen molar-refractivity contribution in [2.24, 2.45) is 5.84 Å². The maximum atomic E-state index is 6.15. The van der Waals surface area contributed by atoms with Crippen molar-refractivity contribution >= 4 is 29.1 Å². The second kappa shape index (κ2) is 5.20. The minimum Gasteiger partial charge on any atom is -0.339 e. The molecule has 5 nitrogen and oxygen atoms in total. The zero-order valence-corrected chi connectivity index (χ0v) is 10.9. The lowest BCUT2D eigenvalue weighted by Crippen LogP contribution is -2.12. The Labute approximate surface area is 110 Å². The summed E-state index contributed by atoms with van der Waals surface area (Å²) in [5.74, 6) is 6.32. The van der Waals surface area contributed by atoms with Gasteiger partial charge in [-0.2, -0.15) is 4.98 Å². The zero-order chi connectivity index (χ0) is 13.1. The summed E-state index contributed by atoms with van der Waals surface area (Å²) in [7, 11) is 0. The van der Waals surface area contributed by atoms with Gasteiger partial charge in [-0.15, -0.1) is 0 Å². The van der Waals surface area contributed by atoms with E-state index in [1.165, 1.54) is 0 Å². The average Bonchev–Trinajstić information content (AvgIpc) is 2.33. The van der Waals surface area contributed by atoms with Crippen LogP contribution in [0.5, 0.6) is 0 Å². The van der Waals surface area contributed by atoms with Crippen molar-refractivity contribution in [3.63, 3.8) is 0 Å². The third-order valence-electron chi connectivity index (χ3n) is 2.46. The molecule has 94 valence electrons. The first-order valence-corrected chi connectivity index (χ1v) is 5.82. The number of nitrogens with one attached hydrogen (secondary N) is 2. The Balaban J connectivity index is 2.37. The Hall–Kier alpha value is -1.85. The van der Waals surface area contributed by atoms with Crippen molar-refractivity contribution in [3.8, 4) is 0 Å². The van der Waals surface area contributed by atoms with Crippen LogP contribution in [0, 0.1) is 13.8 Å². The van der Waals surface area contributed by atoms with Gasteiger partial charge < -0.3 is 5.32 Å². The maximum Gasteiger partial charge on any atom is 0.239 e. The van der Waals surface area contributed by atoms with Gasteiger partial charge in [0.1, 0.15) is 5.82 Å². The molecular weight excluding hydrogens is 250 g/mol. The van der Waals surface area contributed by atoms with Crippen LogP contribution in [-0.2, 0) is 0 Å². The van der Waals surface area contributed by atoms with E-state index in [9.17, 15) is 0 Å². The van der Waals surface area contributed by atoms with Crippen LogP contribution >= 0.6 is 11.6 Å². The lowest BCUT2D eigenvalue weighted by molar-refractivity contribution is 1.07. The van der Waals surface area contributed by atoms with E-state index >= 15 is 0 Å². The Morgan fingerprint density at radius 2 is 2.00 bits per heavy atom. The van der Waals surface area contributed by atoms with Crippen LogP contribution in [0.15, 0.2) is 24.3 Å². The smallest absolute Gasteiger partial charge is 0.239 e. The standard InChI is InChI=1S/C12H14ClN5/c1-7-4-3-5-9(13)11(7)16-10-6-8(2)15-12(17-10)18-14/h3-6H,14H2,1-2H3,(H2,15,16,17,18). The van der Waals surface area contributed by atoms with Crippen molar-refractivity contribution in [2.75, 3.05) is 10.7 Å². The lowest BCUT2D eigenvalue weighted by atomic mass is 10.2. The summed E-state index contributed by atoms with van der Waals surface area (Å²) in [6, 6.07) is 7.53. The van der Waals surface area contributed by atoms with Crippen LogP contribution in [0.4, 0.5) is 17.5 Å². The van der Waals surface area contributed by atoms with Crippen molar-refractivity contribution in [1.82, 2.24) is 9.97 Å². The van der Waals surface area contributed by atoms with Crippen molar-refractivity contribution in [2.45, 2.75) is 13.8 Å². The van der Waals surface area contributed by atoms with E-state index in [1.54, 1.807) is 0 Å². The highest BCUT2D eigenvalue weighted by Gasteiger charge is 2.06. The largest absolute Gasteiger partial charge is 0.339 e. The number of nitrogens with zero attached hydrogens (tertiary/aromatic N) is 2. The van der Waals surface area contributed by atoms with E-state index in [0.717, 1.165) is 16.9 Å². The summed E-state index contributed by atoms with van der Waals surface area (Å²) in [4.78, 5) is 8.33. The summed E-state index contributed by atoms with van der Waals surface area (Å²) in [5.41, 5.74) is 5.11. The molecule has 0 spiro atoms. The molecule has 0 aliphatic carbocycles. The summed E-state index contributed by atoms with van der Waals surface area (Å²) in [5, 5.41) is 3.82. The molecule has 1 heterocycles.